The maximum Gasteiger partial charge on any atom is 0.278 e. The lowest BCUT2D eigenvalue weighted by Crippen LogP contribution is -2.32. The van der Waals surface area contributed by atoms with Gasteiger partial charge in [0.2, 0.25) is 0 Å². The number of benzene rings is 1. The molecular formula is C18H22FN3O2. The molecule has 6 heteroatoms. The minimum Gasteiger partial charge on any atom is -0.490 e. The van der Waals surface area contributed by atoms with Gasteiger partial charge in [-0.25, -0.2) is 9.07 Å². The van der Waals surface area contributed by atoms with Crippen molar-refractivity contribution in [2.75, 3.05) is 19.7 Å². The fourth-order valence-electron chi connectivity index (χ4n) is 2.92. The van der Waals surface area contributed by atoms with Crippen LogP contribution >= 0.6 is 0 Å². The quantitative estimate of drug-likeness (QED) is 0.862. The average Bonchev–Trinajstić information content (AvgIpc) is 2.82. The molecule has 0 N–H and O–H groups in total. The van der Waals surface area contributed by atoms with Crippen LogP contribution in [0.1, 0.15) is 43.1 Å². The monoisotopic (exact) mass is 331 g/mol. The molecule has 0 unspecified atom stereocenters. The summed E-state index contributed by atoms with van der Waals surface area (Å²) < 4.78 is 20.3. The average molecular weight is 331 g/mol. The second kappa shape index (κ2) is 7.47. The van der Waals surface area contributed by atoms with Crippen LogP contribution in [0.4, 0.5) is 4.39 Å². The first-order valence-electron chi connectivity index (χ1n) is 8.46. The molecule has 1 fully saturated rings. The lowest BCUT2D eigenvalue weighted by Gasteiger charge is -2.19. The predicted octanol–water partition coefficient (Wildman–Crippen LogP) is 3.43. The van der Waals surface area contributed by atoms with Crippen molar-refractivity contribution in [1.82, 2.24) is 14.7 Å². The van der Waals surface area contributed by atoms with Gasteiger partial charge in [0.1, 0.15) is 5.82 Å². The first-order valence-corrected chi connectivity index (χ1v) is 8.46. The molecule has 1 aromatic heterocycles. The topological polar surface area (TPSA) is 47.4 Å². The van der Waals surface area contributed by atoms with Gasteiger partial charge in [-0.1, -0.05) is 12.8 Å². The number of ether oxygens (including phenoxy) is 1. The van der Waals surface area contributed by atoms with Crippen molar-refractivity contribution in [3.63, 3.8) is 0 Å². The molecule has 2 aromatic rings. The van der Waals surface area contributed by atoms with Crippen LogP contribution in [0.25, 0.3) is 5.69 Å². The number of hydrogen-bond acceptors (Lipinski definition) is 3. The summed E-state index contributed by atoms with van der Waals surface area (Å²) in [7, 11) is 0. The van der Waals surface area contributed by atoms with E-state index in [1.165, 1.54) is 12.1 Å². The van der Waals surface area contributed by atoms with Crippen LogP contribution in [-0.2, 0) is 0 Å². The van der Waals surface area contributed by atoms with E-state index in [4.69, 9.17) is 4.74 Å². The minimum atomic E-state index is -0.309. The summed E-state index contributed by atoms with van der Waals surface area (Å²) in [5, 5.41) is 4.41. The molecule has 3 rings (SSSR count). The predicted molar refractivity (Wildman–Crippen MR) is 89.1 cm³/mol. The Morgan fingerprint density at radius 1 is 1.17 bits per heavy atom. The van der Waals surface area contributed by atoms with Gasteiger partial charge < -0.3 is 9.64 Å². The van der Waals surface area contributed by atoms with Gasteiger partial charge in [0.15, 0.2) is 11.4 Å². The number of nitrogens with zero attached hydrogens (tertiary/aromatic N) is 3. The number of rotatable bonds is 4. The SMILES string of the molecule is CCOc1cn(-c2ccc(F)cc2)nc1C(=O)N1CCCCCC1. The lowest BCUT2D eigenvalue weighted by atomic mass is 10.2. The molecule has 0 radical (unpaired) electrons. The Bertz CT molecular complexity index is 689. The van der Waals surface area contributed by atoms with Crippen molar-refractivity contribution in [3.05, 3.63) is 42.0 Å². The number of carbonyl (C=O) groups excluding carboxylic acids is 1. The van der Waals surface area contributed by atoms with Crippen LogP contribution in [-0.4, -0.2) is 40.3 Å². The summed E-state index contributed by atoms with van der Waals surface area (Å²) >= 11 is 0. The summed E-state index contributed by atoms with van der Waals surface area (Å²) in [5.41, 5.74) is 1.01. The highest BCUT2D eigenvalue weighted by Crippen LogP contribution is 2.23. The smallest absolute Gasteiger partial charge is 0.278 e. The molecule has 0 aliphatic carbocycles. The van der Waals surface area contributed by atoms with Crippen molar-refractivity contribution in [2.24, 2.45) is 0 Å². The molecule has 1 saturated heterocycles. The van der Waals surface area contributed by atoms with Crippen molar-refractivity contribution in [1.29, 1.82) is 0 Å². The largest absolute Gasteiger partial charge is 0.490 e. The highest BCUT2D eigenvalue weighted by molar-refractivity contribution is 5.95. The first-order chi connectivity index (χ1) is 11.7. The van der Waals surface area contributed by atoms with Crippen LogP contribution in [0, 0.1) is 5.82 Å². The van der Waals surface area contributed by atoms with Crippen LogP contribution in [0.5, 0.6) is 5.75 Å². The van der Waals surface area contributed by atoms with Gasteiger partial charge in [-0.3, -0.25) is 4.79 Å². The Hall–Kier alpha value is -2.37. The summed E-state index contributed by atoms with van der Waals surface area (Å²) in [6.07, 6.45) is 6.04. The molecule has 1 aromatic carbocycles. The third-order valence-electron chi connectivity index (χ3n) is 4.17. The van der Waals surface area contributed by atoms with Crippen molar-refractivity contribution < 1.29 is 13.9 Å². The zero-order valence-electron chi connectivity index (χ0n) is 13.9. The highest BCUT2D eigenvalue weighted by Gasteiger charge is 2.24. The van der Waals surface area contributed by atoms with Gasteiger partial charge in [0.25, 0.3) is 5.91 Å². The third kappa shape index (κ3) is 3.58. The minimum absolute atomic E-state index is 0.0961. The van der Waals surface area contributed by atoms with Crippen molar-refractivity contribution >= 4 is 5.91 Å². The number of halogens is 1. The van der Waals surface area contributed by atoms with Gasteiger partial charge in [-0.15, -0.1) is 0 Å². The fraction of sp³-hybridized carbons (Fsp3) is 0.444. The Balaban J connectivity index is 1.90. The fourth-order valence-corrected chi connectivity index (χ4v) is 2.92. The number of hydrogen-bond donors (Lipinski definition) is 0. The zero-order valence-corrected chi connectivity index (χ0v) is 13.9. The number of aromatic nitrogens is 2. The first kappa shape index (κ1) is 16.5. The van der Waals surface area contributed by atoms with E-state index in [-0.39, 0.29) is 11.7 Å². The highest BCUT2D eigenvalue weighted by atomic mass is 19.1. The number of amides is 1. The van der Waals surface area contributed by atoms with Crippen LogP contribution < -0.4 is 4.74 Å². The molecule has 2 heterocycles. The van der Waals surface area contributed by atoms with E-state index < -0.39 is 0 Å². The Kier molecular flexibility index (Phi) is 5.13. The van der Waals surface area contributed by atoms with Crippen molar-refractivity contribution in [2.45, 2.75) is 32.6 Å². The lowest BCUT2D eigenvalue weighted by molar-refractivity contribution is 0.0751. The Morgan fingerprint density at radius 2 is 1.83 bits per heavy atom. The molecule has 5 nitrogen and oxygen atoms in total. The molecule has 1 aliphatic rings. The molecule has 0 bridgehead atoms. The summed E-state index contributed by atoms with van der Waals surface area (Å²) in [4.78, 5) is 14.7. The van der Waals surface area contributed by atoms with Crippen LogP contribution in [0.15, 0.2) is 30.5 Å². The Morgan fingerprint density at radius 3 is 2.46 bits per heavy atom. The van der Waals surface area contributed by atoms with E-state index in [1.54, 1.807) is 23.0 Å². The molecule has 0 atom stereocenters. The van der Waals surface area contributed by atoms with E-state index in [0.717, 1.165) is 38.8 Å². The maximum absolute atomic E-state index is 13.1. The number of likely N-dealkylation sites (tertiary alicyclic amines) is 1. The van der Waals surface area contributed by atoms with Gasteiger partial charge >= 0.3 is 0 Å². The molecule has 1 amide bonds. The van der Waals surface area contributed by atoms with E-state index in [9.17, 15) is 9.18 Å². The maximum atomic E-state index is 13.1. The Labute approximate surface area is 141 Å². The van der Waals surface area contributed by atoms with Gasteiger partial charge in [0, 0.05) is 13.1 Å². The second-order valence-electron chi connectivity index (χ2n) is 5.90. The van der Waals surface area contributed by atoms with Gasteiger partial charge in [-0.2, -0.15) is 5.10 Å². The van der Waals surface area contributed by atoms with Crippen molar-refractivity contribution in [3.8, 4) is 11.4 Å². The molecule has 128 valence electrons. The van der Waals surface area contributed by atoms with Gasteiger partial charge in [-0.05, 0) is 44.0 Å². The van der Waals surface area contributed by atoms with Gasteiger partial charge in [0.05, 0.1) is 18.5 Å². The molecule has 0 saturated carbocycles. The van der Waals surface area contributed by atoms with E-state index in [0.29, 0.717) is 23.7 Å². The summed E-state index contributed by atoms with van der Waals surface area (Å²) in [6.45, 7) is 3.84. The zero-order chi connectivity index (χ0) is 16.9. The summed E-state index contributed by atoms with van der Waals surface area (Å²) in [5.74, 6) is 0.0640. The number of carbonyl (C=O) groups is 1. The third-order valence-corrected chi connectivity index (χ3v) is 4.17. The second-order valence-corrected chi connectivity index (χ2v) is 5.90. The summed E-state index contributed by atoms with van der Waals surface area (Å²) in [6, 6.07) is 5.98. The molecule has 0 spiro atoms. The molecular weight excluding hydrogens is 309 g/mol. The normalized spacial score (nSPS) is 15.2. The standard InChI is InChI=1S/C18H22FN3O2/c1-2-24-16-13-22(15-9-7-14(19)8-10-15)20-17(16)18(23)21-11-5-3-4-6-12-21/h7-10,13H,2-6,11-12H2,1H3. The van der Waals surface area contributed by atoms with Crippen LogP contribution in [0.2, 0.25) is 0 Å². The van der Waals surface area contributed by atoms with E-state index in [2.05, 4.69) is 5.10 Å². The van der Waals surface area contributed by atoms with E-state index >= 15 is 0 Å². The van der Waals surface area contributed by atoms with E-state index in [1.807, 2.05) is 11.8 Å². The molecule has 24 heavy (non-hydrogen) atoms. The molecule has 1 aliphatic heterocycles. The van der Waals surface area contributed by atoms with Crippen LogP contribution in [0.3, 0.4) is 0 Å².